The van der Waals surface area contributed by atoms with Crippen molar-refractivity contribution in [3.63, 3.8) is 0 Å². The Morgan fingerprint density at radius 3 is 3.00 bits per heavy atom. The minimum absolute atomic E-state index is 0.264. The molecule has 1 saturated heterocycles. The van der Waals surface area contributed by atoms with Crippen LogP contribution in [0.15, 0.2) is 36.4 Å². The molecule has 0 radical (unpaired) electrons. The van der Waals surface area contributed by atoms with E-state index < -0.39 is 0 Å². The van der Waals surface area contributed by atoms with Gasteiger partial charge in [0.05, 0.1) is 6.61 Å². The molecule has 3 heteroatoms. The fraction of sp³-hybridized carbons (Fsp3) is 0.231. The van der Waals surface area contributed by atoms with Gasteiger partial charge in [0.25, 0.3) is 0 Å². The number of epoxide rings is 1. The van der Waals surface area contributed by atoms with Gasteiger partial charge in [-0.1, -0.05) is 12.1 Å². The molecule has 0 aliphatic carbocycles. The van der Waals surface area contributed by atoms with Crippen LogP contribution >= 0.6 is 0 Å². The largest absolute Gasteiger partial charge is 0.507 e. The molecule has 3 nitrogen and oxygen atoms in total. The highest BCUT2D eigenvalue weighted by molar-refractivity contribution is 5.89. The van der Waals surface area contributed by atoms with Crippen LogP contribution in [0.4, 0.5) is 0 Å². The van der Waals surface area contributed by atoms with Crippen LogP contribution < -0.4 is 4.74 Å². The maximum atomic E-state index is 9.63. The second-order valence-electron chi connectivity index (χ2n) is 3.93. The van der Waals surface area contributed by atoms with Gasteiger partial charge in [-0.2, -0.15) is 0 Å². The van der Waals surface area contributed by atoms with Gasteiger partial charge in [0, 0.05) is 5.39 Å². The summed E-state index contributed by atoms with van der Waals surface area (Å²) >= 11 is 0. The molecule has 0 aromatic heterocycles. The maximum Gasteiger partial charge on any atom is 0.123 e. The minimum atomic E-state index is 0.264. The summed E-state index contributed by atoms with van der Waals surface area (Å²) in [5, 5.41) is 11.5. The maximum absolute atomic E-state index is 9.63. The number of hydrogen-bond acceptors (Lipinski definition) is 3. The van der Waals surface area contributed by atoms with Gasteiger partial charge in [0.15, 0.2) is 0 Å². The van der Waals surface area contributed by atoms with Crippen LogP contribution in [0.5, 0.6) is 11.5 Å². The molecule has 0 amide bonds. The molecule has 1 heterocycles. The van der Waals surface area contributed by atoms with E-state index in [9.17, 15) is 5.11 Å². The Bertz CT molecular complexity index is 518. The molecule has 0 bridgehead atoms. The van der Waals surface area contributed by atoms with Gasteiger partial charge >= 0.3 is 0 Å². The van der Waals surface area contributed by atoms with E-state index in [1.165, 1.54) is 0 Å². The summed E-state index contributed by atoms with van der Waals surface area (Å²) in [5.41, 5.74) is 0. The number of rotatable bonds is 3. The first kappa shape index (κ1) is 9.48. The molecule has 0 spiro atoms. The summed E-state index contributed by atoms with van der Waals surface area (Å²) in [6.07, 6.45) is 0.264. The average molecular weight is 216 g/mol. The zero-order valence-corrected chi connectivity index (χ0v) is 8.72. The van der Waals surface area contributed by atoms with Crippen LogP contribution in [0.3, 0.4) is 0 Å². The molecule has 2 aromatic carbocycles. The Labute approximate surface area is 93.2 Å². The number of fused-ring (bicyclic) bond motifs is 1. The molecule has 3 rings (SSSR count). The third kappa shape index (κ3) is 1.82. The van der Waals surface area contributed by atoms with E-state index in [1.54, 1.807) is 6.07 Å². The molecule has 1 aliphatic rings. The topological polar surface area (TPSA) is 42.0 Å². The smallest absolute Gasteiger partial charge is 0.123 e. The van der Waals surface area contributed by atoms with Crippen LogP contribution in [0.25, 0.3) is 10.8 Å². The van der Waals surface area contributed by atoms with Gasteiger partial charge in [-0.05, 0) is 29.7 Å². The van der Waals surface area contributed by atoms with Gasteiger partial charge in [-0.3, -0.25) is 0 Å². The van der Waals surface area contributed by atoms with Gasteiger partial charge in [-0.15, -0.1) is 0 Å². The second kappa shape index (κ2) is 3.68. The summed E-state index contributed by atoms with van der Waals surface area (Å²) in [7, 11) is 0. The van der Waals surface area contributed by atoms with Crippen LogP contribution in [-0.4, -0.2) is 24.4 Å². The predicted octanol–water partition coefficient (Wildman–Crippen LogP) is 2.32. The number of aromatic hydroxyl groups is 1. The van der Waals surface area contributed by atoms with Crippen LogP contribution in [-0.2, 0) is 4.74 Å². The molecule has 1 fully saturated rings. The molecule has 1 N–H and O–H groups in total. The van der Waals surface area contributed by atoms with E-state index in [1.807, 2.05) is 30.3 Å². The van der Waals surface area contributed by atoms with Gasteiger partial charge in [0.2, 0.25) is 0 Å². The van der Waals surface area contributed by atoms with E-state index in [0.29, 0.717) is 12.4 Å². The van der Waals surface area contributed by atoms with Crippen molar-refractivity contribution >= 4 is 10.8 Å². The summed E-state index contributed by atoms with van der Waals surface area (Å²) < 4.78 is 10.6. The lowest BCUT2D eigenvalue weighted by Crippen LogP contribution is -2.03. The van der Waals surface area contributed by atoms with E-state index in [0.717, 1.165) is 23.1 Å². The third-order valence-electron chi connectivity index (χ3n) is 2.67. The quantitative estimate of drug-likeness (QED) is 0.800. The number of benzene rings is 2. The van der Waals surface area contributed by atoms with Crippen molar-refractivity contribution in [2.24, 2.45) is 0 Å². The molecule has 1 atom stereocenters. The summed E-state index contributed by atoms with van der Waals surface area (Å²) in [6, 6.07) is 11.1. The number of ether oxygens (including phenoxy) is 2. The highest BCUT2D eigenvalue weighted by Crippen LogP contribution is 2.27. The Hall–Kier alpha value is -1.74. The summed E-state index contributed by atoms with van der Waals surface area (Å²) in [5.74, 6) is 1.11. The van der Waals surface area contributed by atoms with Crippen molar-refractivity contribution in [2.45, 2.75) is 6.10 Å². The average Bonchev–Trinajstić information content (AvgIpc) is 3.10. The van der Waals surface area contributed by atoms with Crippen molar-refractivity contribution in [1.82, 2.24) is 0 Å². The summed E-state index contributed by atoms with van der Waals surface area (Å²) in [6.45, 7) is 1.40. The lowest BCUT2D eigenvalue weighted by molar-refractivity contribution is 0.263. The first-order valence-electron chi connectivity index (χ1n) is 5.29. The van der Waals surface area contributed by atoms with Gasteiger partial charge in [-0.25, -0.2) is 0 Å². The SMILES string of the molecule is Oc1cccc2cc(OCC3CO3)ccc12. The third-order valence-corrected chi connectivity index (χ3v) is 2.67. The normalized spacial score (nSPS) is 18.6. The molecule has 1 aliphatic heterocycles. The van der Waals surface area contributed by atoms with E-state index in [-0.39, 0.29) is 6.10 Å². The molecular formula is C13H12O3. The fourth-order valence-corrected chi connectivity index (χ4v) is 1.69. The highest BCUT2D eigenvalue weighted by atomic mass is 16.6. The van der Waals surface area contributed by atoms with E-state index in [4.69, 9.17) is 9.47 Å². The van der Waals surface area contributed by atoms with Crippen molar-refractivity contribution in [3.8, 4) is 11.5 Å². The first-order chi connectivity index (χ1) is 7.83. The van der Waals surface area contributed by atoms with Crippen LogP contribution in [0.2, 0.25) is 0 Å². The minimum Gasteiger partial charge on any atom is -0.507 e. The lowest BCUT2D eigenvalue weighted by Gasteiger charge is -2.06. The standard InChI is InChI=1S/C13H12O3/c14-13-3-1-2-9-6-10(4-5-12(9)13)15-7-11-8-16-11/h1-6,11,14H,7-8H2. The molecule has 1 unspecified atom stereocenters. The zero-order chi connectivity index (χ0) is 11.0. The fourth-order valence-electron chi connectivity index (χ4n) is 1.69. The molecule has 0 saturated carbocycles. The zero-order valence-electron chi connectivity index (χ0n) is 8.72. The lowest BCUT2D eigenvalue weighted by atomic mass is 10.1. The van der Waals surface area contributed by atoms with Crippen molar-refractivity contribution in [1.29, 1.82) is 0 Å². The Morgan fingerprint density at radius 1 is 1.31 bits per heavy atom. The summed E-state index contributed by atoms with van der Waals surface area (Å²) in [4.78, 5) is 0. The molecule has 16 heavy (non-hydrogen) atoms. The first-order valence-corrected chi connectivity index (χ1v) is 5.29. The second-order valence-corrected chi connectivity index (χ2v) is 3.93. The van der Waals surface area contributed by atoms with E-state index >= 15 is 0 Å². The molecule has 82 valence electrons. The van der Waals surface area contributed by atoms with Crippen molar-refractivity contribution < 1.29 is 14.6 Å². The van der Waals surface area contributed by atoms with Crippen molar-refractivity contribution in [2.75, 3.05) is 13.2 Å². The highest BCUT2D eigenvalue weighted by Gasteiger charge is 2.23. The Morgan fingerprint density at radius 2 is 2.19 bits per heavy atom. The van der Waals surface area contributed by atoms with Crippen molar-refractivity contribution in [3.05, 3.63) is 36.4 Å². The monoisotopic (exact) mass is 216 g/mol. The Kier molecular flexibility index (Phi) is 2.18. The Balaban J connectivity index is 1.89. The van der Waals surface area contributed by atoms with Crippen LogP contribution in [0, 0.1) is 0 Å². The molecule has 2 aromatic rings. The predicted molar refractivity (Wildman–Crippen MR) is 60.8 cm³/mol. The number of phenols is 1. The van der Waals surface area contributed by atoms with Gasteiger partial charge in [0.1, 0.15) is 24.2 Å². The molecular weight excluding hydrogens is 204 g/mol. The number of phenolic OH excluding ortho intramolecular Hbond substituents is 1. The van der Waals surface area contributed by atoms with Gasteiger partial charge < -0.3 is 14.6 Å². The number of hydrogen-bond donors (Lipinski definition) is 1. The van der Waals surface area contributed by atoms with Crippen LogP contribution in [0.1, 0.15) is 0 Å². The van der Waals surface area contributed by atoms with E-state index in [2.05, 4.69) is 0 Å².